The Hall–Kier alpha value is -2.10. The molecule has 2 rings (SSSR count). The molecular weight excluding hydrogens is 202 g/mol. The molecule has 16 heavy (non-hydrogen) atoms. The molecule has 0 bridgehead atoms. The van der Waals surface area contributed by atoms with E-state index < -0.39 is 0 Å². The molecule has 1 aromatic heterocycles. The Labute approximate surface area is 93.4 Å². The zero-order valence-electron chi connectivity index (χ0n) is 9.03. The Morgan fingerprint density at radius 2 is 2.44 bits per heavy atom. The van der Waals surface area contributed by atoms with E-state index in [9.17, 15) is 4.79 Å². The number of aromatic amines is 1. The molecule has 4 heteroatoms. The molecule has 0 aliphatic heterocycles. The molecule has 4 nitrogen and oxygen atoms in total. The van der Waals surface area contributed by atoms with E-state index in [1.807, 2.05) is 30.4 Å². The summed E-state index contributed by atoms with van der Waals surface area (Å²) in [4.78, 5) is 10.7. The van der Waals surface area contributed by atoms with Gasteiger partial charge in [-0.05, 0) is 11.6 Å². The Bertz CT molecular complexity index is 528. The van der Waals surface area contributed by atoms with E-state index in [1.54, 1.807) is 6.20 Å². The minimum atomic E-state index is -0.0221. The largest absolute Gasteiger partial charge is 0.353 e. The van der Waals surface area contributed by atoms with Crippen molar-refractivity contribution in [1.82, 2.24) is 15.5 Å². The van der Waals surface area contributed by atoms with Gasteiger partial charge in [0.1, 0.15) is 0 Å². The summed E-state index contributed by atoms with van der Waals surface area (Å²) in [6.45, 7) is 2.05. The summed E-state index contributed by atoms with van der Waals surface area (Å²) in [6, 6.07) is 5.97. The van der Waals surface area contributed by atoms with Gasteiger partial charge in [-0.1, -0.05) is 24.3 Å². The summed E-state index contributed by atoms with van der Waals surface area (Å²) in [6.07, 6.45) is 5.70. The molecule has 0 aliphatic rings. The highest BCUT2D eigenvalue weighted by Crippen LogP contribution is 2.16. The highest BCUT2D eigenvalue weighted by molar-refractivity contribution is 5.87. The maximum Gasteiger partial charge on any atom is 0.217 e. The van der Waals surface area contributed by atoms with Crippen LogP contribution in [-0.4, -0.2) is 22.6 Å². The van der Waals surface area contributed by atoms with Crippen molar-refractivity contribution >= 4 is 22.9 Å². The van der Waals surface area contributed by atoms with Gasteiger partial charge in [-0.25, -0.2) is 0 Å². The van der Waals surface area contributed by atoms with Crippen molar-refractivity contribution in [1.29, 1.82) is 0 Å². The van der Waals surface area contributed by atoms with Crippen LogP contribution in [0.25, 0.3) is 17.0 Å². The third kappa shape index (κ3) is 2.28. The number of aromatic nitrogens is 2. The first-order valence-corrected chi connectivity index (χ1v) is 5.10. The zero-order valence-corrected chi connectivity index (χ0v) is 9.03. The molecule has 0 saturated carbocycles. The summed E-state index contributed by atoms with van der Waals surface area (Å²) in [5.74, 6) is -0.0221. The van der Waals surface area contributed by atoms with E-state index >= 15 is 0 Å². The molecule has 0 radical (unpaired) electrons. The van der Waals surface area contributed by atoms with Gasteiger partial charge in [0.05, 0.1) is 11.7 Å². The van der Waals surface area contributed by atoms with Crippen molar-refractivity contribution in [3.63, 3.8) is 0 Å². The number of rotatable bonds is 3. The predicted molar refractivity (Wildman–Crippen MR) is 63.8 cm³/mol. The van der Waals surface area contributed by atoms with Crippen LogP contribution in [0.1, 0.15) is 12.5 Å². The maximum absolute atomic E-state index is 10.7. The number of H-pyrrole nitrogens is 1. The van der Waals surface area contributed by atoms with Crippen LogP contribution in [-0.2, 0) is 4.79 Å². The van der Waals surface area contributed by atoms with Crippen molar-refractivity contribution in [2.45, 2.75) is 6.92 Å². The summed E-state index contributed by atoms with van der Waals surface area (Å²) in [5, 5.41) is 10.7. The van der Waals surface area contributed by atoms with Gasteiger partial charge in [-0.3, -0.25) is 9.89 Å². The highest BCUT2D eigenvalue weighted by Gasteiger charge is 1.98. The van der Waals surface area contributed by atoms with Crippen LogP contribution in [0.4, 0.5) is 0 Å². The number of carbonyl (C=O) groups is 1. The molecule has 0 fully saturated rings. The van der Waals surface area contributed by atoms with E-state index in [2.05, 4.69) is 15.5 Å². The fourth-order valence-corrected chi connectivity index (χ4v) is 1.52. The molecule has 2 aromatic rings. The fraction of sp³-hybridized carbons (Fsp3) is 0.167. The van der Waals surface area contributed by atoms with Gasteiger partial charge in [-0.2, -0.15) is 5.10 Å². The topological polar surface area (TPSA) is 57.8 Å². The standard InChI is InChI=1S/C12H13N3O/c1-9(16)13-7-3-5-10-4-2-6-12-11(10)8-14-15-12/h2-6,8H,7H2,1H3,(H,13,16)(H,14,15). The highest BCUT2D eigenvalue weighted by atomic mass is 16.1. The Morgan fingerprint density at radius 3 is 3.25 bits per heavy atom. The van der Waals surface area contributed by atoms with E-state index in [0.29, 0.717) is 6.54 Å². The van der Waals surface area contributed by atoms with Crippen LogP contribution in [0.15, 0.2) is 30.5 Å². The number of amides is 1. The summed E-state index contributed by atoms with van der Waals surface area (Å²) >= 11 is 0. The Balaban J connectivity index is 2.14. The van der Waals surface area contributed by atoms with Gasteiger partial charge in [0.25, 0.3) is 0 Å². The summed E-state index contributed by atoms with van der Waals surface area (Å²) in [7, 11) is 0. The van der Waals surface area contributed by atoms with Crippen molar-refractivity contribution in [3.05, 3.63) is 36.0 Å². The van der Waals surface area contributed by atoms with Gasteiger partial charge < -0.3 is 5.32 Å². The lowest BCUT2D eigenvalue weighted by atomic mass is 10.1. The average molecular weight is 215 g/mol. The van der Waals surface area contributed by atoms with Crippen LogP contribution in [0.3, 0.4) is 0 Å². The van der Waals surface area contributed by atoms with Gasteiger partial charge >= 0.3 is 0 Å². The van der Waals surface area contributed by atoms with Crippen molar-refractivity contribution < 1.29 is 4.79 Å². The van der Waals surface area contributed by atoms with E-state index in [-0.39, 0.29) is 5.91 Å². The number of benzene rings is 1. The van der Waals surface area contributed by atoms with Gasteiger partial charge in [0.15, 0.2) is 0 Å². The molecule has 1 heterocycles. The minimum Gasteiger partial charge on any atom is -0.353 e. The molecule has 82 valence electrons. The molecule has 0 saturated heterocycles. The number of nitrogens with zero attached hydrogens (tertiary/aromatic N) is 1. The lowest BCUT2D eigenvalue weighted by Crippen LogP contribution is -2.19. The first-order valence-electron chi connectivity index (χ1n) is 5.10. The average Bonchev–Trinajstić information content (AvgIpc) is 2.72. The first-order chi connectivity index (χ1) is 7.77. The number of nitrogens with one attached hydrogen (secondary N) is 2. The fourth-order valence-electron chi connectivity index (χ4n) is 1.52. The molecule has 0 aliphatic carbocycles. The third-order valence-electron chi connectivity index (χ3n) is 2.28. The minimum absolute atomic E-state index is 0.0221. The number of hydrogen-bond donors (Lipinski definition) is 2. The van der Waals surface area contributed by atoms with Crippen molar-refractivity contribution in [2.75, 3.05) is 6.54 Å². The lowest BCUT2D eigenvalue weighted by molar-refractivity contribution is -0.118. The summed E-state index contributed by atoms with van der Waals surface area (Å²) < 4.78 is 0. The van der Waals surface area contributed by atoms with Gasteiger partial charge in [0.2, 0.25) is 5.91 Å². The lowest BCUT2D eigenvalue weighted by Gasteiger charge is -1.97. The maximum atomic E-state index is 10.7. The summed E-state index contributed by atoms with van der Waals surface area (Å²) in [5.41, 5.74) is 2.11. The van der Waals surface area contributed by atoms with Crippen LogP contribution >= 0.6 is 0 Å². The normalized spacial score (nSPS) is 11.1. The Kier molecular flexibility index (Phi) is 3.00. The predicted octanol–water partition coefficient (Wildman–Crippen LogP) is 1.71. The molecule has 0 unspecified atom stereocenters. The quantitative estimate of drug-likeness (QED) is 0.818. The molecule has 2 N–H and O–H groups in total. The van der Waals surface area contributed by atoms with Crippen LogP contribution in [0.2, 0.25) is 0 Å². The van der Waals surface area contributed by atoms with Crippen LogP contribution < -0.4 is 5.32 Å². The second-order valence-corrected chi connectivity index (χ2v) is 3.52. The van der Waals surface area contributed by atoms with Crippen LogP contribution in [0, 0.1) is 0 Å². The number of carbonyl (C=O) groups excluding carboxylic acids is 1. The second-order valence-electron chi connectivity index (χ2n) is 3.52. The van der Waals surface area contributed by atoms with Crippen LogP contribution in [0.5, 0.6) is 0 Å². The molecular formula is C12H13N3O. The Morgan fingerprint density at radius 1 is 1.56 bits per heavy atom. The molecule has 1 aromatic carbocycles. The monoisotopic (exact) mass is 215 g/mol. The van der Waals surface area contributed by atoms with E-state index in [4.69, 9.17) is 0 Å². The first kappa shape index (κ1) is 10.4. The zero-order chi connectivity index (χ0) is 11.4. The molecule has 0 atom stereocenters. The smallest absolute Gasteiger partial charge is 0.217 e. The second kappa shape index (κ2) is 4.61. The van der Waals surface area contributed by atoms with Crippen molar-refractivity contribution in [3.8, 4) is 0 Å². The SMILES string of the molecule is CC(=O)NCC=Cc1cccc2[nH]ncc12. The van der Waals surface area contributed by atoms with E-state index in [1.165, 1.54) is 6.92 Å². The third-order valence-corrected chi connectivity index (χ3v) is 2.28. The molecule has 1 amide bonds. The number of fused-ring (bicyclic) bond motifs is 1. The van der Waals surface area contributed by atoms with E-state index in [0.717, 1.165) is 16.5 Å². The molecule has 0 spiro atoms. The van der Waals surface area contributed by atoms with Gasteiger partial charge in [-0.15, -0.1) is 0 Å². The van der Waals surface area contributed by atoms with Gasteiger partial charge in [0, 0.05) is 18.9 Å². The van der Waals surface area contributed by atoms with Crippen molar-refractivity contribution in [2.24, 2.45) is 0 Å². The number of hydrogen-bond acceptors (Lipinski definition) is 2.